The Kier molecular flexibility index (Phi) is 8.94. The Hall–Kier alpha value is -3.43. The van der Waals surface area contributed by atoms with Crippen LogP contribution in [0, 0.1) is 17.6 Å². The number of ether oxygens (including phenoxy) is 1. The van der Waals surface area contributed by atoms with Crippen LogP contribution in [0.25, 0.3) is 0 Å². The maximum absolute atomic E-state index is 13.8. The molecule has 0 saturated carbocycles. The monoisotopic (exact) mass is 602 g/mol. The molecule has 7 nitrogen and oxygen atoms in total. The van der Waals surface area contributed by atoms with Gasteiger partial charge in [0.05, 0.1) is 22.3 Å². The van der Waals surface area contributed by atoms with Crippen LogP contribution >= 0.6 is 23.2 Å². The van der Waals surface area contributed by atoms with Gasteiger partial charge in [0.1, 0.15) is 23.2 Å². The number of carbonyl (C=O) groups excluding carboxylic acids is 2. The molecule has 0 spiro atoms. The molecule has 2 fully saturated rings. The molecule has 2 saturated heterocycles. The first-order chi connectivity index (χ1) is 19.7. The van der Waals surface area contributed by atoms with Crippen molar-refractivity contribution >= 4 is 41.0 Å². The van der Waals surface area contributed by atoms with Crippen molar-refractivity contribution in [3.63, 3.8) is 0 Å². The summed E-state index contributed by atoms with van der Waals surface area (Å²) in [6.07, 6.45) is 1.89. The number of carbonyl (C=O) groups is 2. The maximum atomic E-state index is 13.8. The molecule has 2 aliphatic rings. The van der Waals surface area contributed by atoms with E-state index in [-0.39, 0.29) is 35.4 Å². The Balaban J connectivity index is 1.33. The number of aromatic nitrogens is 1. The van der Waals surface area contributed by atoms with Crippen LogP contribution in [0.15, 0.2) is 60.8 Å². The van der Waals surface area contributed by atoms with E-state index in [0.717, 1.165) is 5.56 Å². The summed E-state index contributed by atoms with van der Waals surface area (Å²) in [5.74, 6) is -0.264. The van der Waals surface area contributed by atoms with Gasteiger partial charge in [-0.05, 0) is 73.9 Å². The number of amides is 2. The van der Waals surface area contributed by atoms with E-state index >= 15 is 0 Å². The second-order valence-electron chi connectivity index (χ2n) is 10.3. The van der Waals surface area contributed by atoms with Gasteiger partial charge in [0.2, 0.25) is 5.91 Å². The first-order valence-corrected chi connectivity index (χ1v) is 14.3. The molecular weight excluding hydrogens is 573 g/mol. The van der Waals surface area contributed by atoms with Crippen LogP contribution in [0.5, 0.6) is 5.75 Å². The molecule has 2 atom stereocenters. The number of nitrogens with zero attached hydrogens (tertiary/aromatic N) is 4. The second kappa shape index (κ2) is 12.6. The third kappa shape index (κ3) is 6.57. The van der Waals surface area contributed by atoms with Crippen molar-refractivity contribution in [1.29, 1.82) is 0 Å². The van der Waals surface area contributed by atoms with Gasteiger partial charge in [0.15, 0.2) is 0 Å². The number of anilines is 1. The number of likely N-dealkylation sites (tertiary alicyclic amines) is 1. The number of hydrogen-bond donors (Lipinski definition) is 0. The van der Waals surface area contributed by atoms with E-state index in [1.54, 1.807) is 23.1 Å². The van der Waals surface area contributed by atoms with Crippen LogP contribution in [0.1, 0.15) is 31.2 Å². The van der Waals surface area contributed by atoms with Crippen LogP contribution < -0.4 is 9.64 Å². The molecule has 216 valence electrons. The van der Waals surface area contributed by atoms with Gasteiger partial charge in [-0.25, -0.2) is 18.6 Å². The van der Waals surface area contributed by atoms with Crippen molar-refractivity contribution in [2.75, 3.05) is 37.6 Å². The van der Waals surface area contributed by atoms with E-state index in [9.17, 15) is 18.4 Å². The lowest BCUT2D eigenvalue weighted by molar-refractivity contribution is -0.135. The molecule has 2 amide bonds. The van der Waals surface area contributed by atoms with Gasteiger partial charge in [-0.2, -0.15) is 0 Å². The highest BCUT2D eigenvalue weighted by Crippen LogP contribution is 2.36. The van der Waals surface area contributed by atoms with Gasteiger partial charge in [0.25, 0.3) is 0 Å². The smallest absolute Gasteiger partial charge is 0.410 e. The molecule has 11 heteroatoms. The molecule has 41 heavy (non-hydrogen) atoms. The van der Waals surface area contributed by atoms with Gasteiger partial charge in [0, 0.05) is 44.6 Å². The molecule has 3 heterocycles. The number of rotatable bonds is 6. The number of pyridine rings is 1. The van der Waals surface area contributed by atoms with E-state index in [1.165, 1.54) is 36.5 Å². The second-order valence-corrected chi connectivity index (χ2v) is 11.1. The topological polar surface area (TPSA) is 66.0 Å². The van der Waals surface area contributed by atoms with E-state index in [2.05, 4.69) is 9.88 Å². The SMILES string of the molecule is CCN(C(=O)Oc1ccc(F)cc1)C1CN(C(=O)C2CCN(c3ccc(F)cn3)CC2)CC1c1ccc(Cl)c(Cl)c1. The van der Waals surface area contributed by atoms with Crippen molar-refractivity contribution in [3.8, 4) is 5.75 Å². The van der Waals surface area contributed by atoms with Crippen LogP contribution in [0.4, 0.5) is 19.4 Å². The summed E-state index contributed by atoms with van der Waals surface area (Å²) in [6.45, 7) is 4.19. The summed E-state index contributed by atoms with van der Waals surface area (Å²) in [5, 5.41) is 0.815. The lowest BCUT2D eigenvalue weighted by atomic mass is 9.93. The Morgan fingerprint density at radius 3 is 2.32 bits per heavy atom. The summed E-state index contributed by atoms with van der Waals surface area (Å²) < 4.78 is 32.2. The molecular formula is C30H30Cl2F2N4O3. The normalized spacial score (nSPS) is 19.3. The predicted octanol–water partition coefficient (Wildman–Crippen LogP) is 6.40. The van der Waals surface area contributed by atoms with Crippen molar-refractivity contribution in [3.05, 3.63) is 88.0 Å². The fraction of sp³-hybridized carbons (Fsp3) is 0.367. The molecule has 0 radical (unpaired) electrons. The fourth-order valence-electron chi connectivity index (χ4n) is 5.68. The molecule has 2 aliphatic heterocycles. The van der Waals surface area contributed by atoms with Crippen molar-refractivity contribution in [1.82, 2.24) is 14.8 Å². The minimum atomic E-state index is -0.580. The highest BCUT2D eigenvalue weighted by Gasteiger charge is 2.43. The zero-order valence-corrected chi connectivity index (χ0v) is 24.0. The summed E-state index contributed by atoms with van der Waals surface area (Å²) in [6, 6.07) is 13.3. The highest BCUT2D eigenvalue weighted by atomic mass is 35.5. The van der Waals surface area contributed by atoms with Crippen LogP contribution in [0.2, 0.25) is 10.0 Å². The summed E-state index contributed by atoms with van der Waals surface area (Å²) in [4.78, 5) is 36.7. The van der Waals surface area contributed by atoms with E-state index in [4.69, 9.17) is 27.9 Å². The van der Waals surface area contributed by atoms with Gasteiger partial charge in [-0.15, -0.1) is 0 Å². The zero-order chi connectivity index (χ0) is 29.1. The molecule has 0 N–H and O–H groups in total. The molecule has 5 rings (SSSR count). The molecule has 1 aromatic heterocycles. The Morgan fingerprint density at radius 1 is 0.976 bits per heavy atom. The minimum absolute atomic E-state index is 0.0345. The van der Waals surface area contributed by atoms with Crippen molar-refractivity contribution < 1.29 is 23.1 Å². The summed E-state index contributed by atoms with van der Waals surface area (Å²) in [7, 11) is 0. The number of halogens is 4. The van der Waals surface area contributed by atoms with Crippen LogP contribution in [-0.4, -0.2) is 65.5 Å². The number of benzene rings is 2. The van der Waals surface area contributed by atoms with E-state index in [0.29, 0.717) is 61.4 Å². The molecule has 2 aromatic carbocycles. The van der Waals surface area contributed by atoms with Crippen molar-refractivity contribution in [2.24, 2.45) is 5.92 Å². The van der Waals surface area contributed by atoms with Crippen LogP contribution in [-0.2, 0) is 4.79 Å². The Bertz CT molecular complexity index is 1390. The molecule has 0 bridgehead atoms. The highest BCUT2D eigenvalue weighted by molar-refractivity contribution is 6.42. The Morgan fingerprint density at radius 2 is 1.68 bits per heavy atom. The first kappa shape index (κ1) is 29.1. The summed E-state index contributed by atoms with van der Waals surface area (Å²) >= 11 is 12.5. The lowest BCUT2D eigenvalue weighted by Gasteiger charge is -2.34. The van der Waals surface area contributed by atoms with Gasteiger partial charge >= 0.3 is 6.09 Å². The molecule has 3 aromatic rings. The molecule has 2 unspecified atom stereocenters. The van der Waals surface area contributed by atoms with E-state index < -0.39 is 11.9 Å². The maximum Gasteiger partial charge on any atom is 0.415 e. The third-order valence-electron chi connectivity index (χ3n) is 7.85. The van der Waals surface area contributed by atoms with Crippen LogP contribution in [0.3, 0.4) is 0 Å². The minimum Gasteiger partial charge on any atom is -0.410 e. The lowest BCUT2D eigenvalue weighted by Crippen LogP contribution is -2.47. The predicted molar refractivity (Wildman–Crippen MR) is 154 cm³/mol. The van der Waals surface area contributed by atoms with E-state index in [1.807, 2.05) is 17.9 Å². The third-order valence-corrected chi connectivity index (χ3v) is 8.59. The standard InChI is InChI=1S/C30H30Cl2F2N4O3/c1-2-38(30(40)41-23-7-4-21(33)5-8-23)27-18-37(17-24(27)20-3-9-25(31)26(32)15-20)29(39)19-11-13-36(14-12-19)28-10-6-22(34)16-35-28/h3-10,15-16,19,24,27H,2,11-14,17-18H2,1H3. The number of piperidine rings is 1. The van der Waals surface area contributed by atoms with Crippen molar-refractivity contribution in [2.45, 2.75) is 31.7 Å². The number of likely N-dealkylation sites (N-methyl/N-ethyl adjacent to an activating group) is 1. The quantitative estimate of drug-likeness (QED) is 0.327. The van der Waals surface area contributed by atoms with Gasteiger partial charge in [-0.3, -0.25) is 4.79 Å². The first-order valence-electron chi connectivity index (χ1n) is 13.6. The van der Waals surface area contributed by atoms with Gasteiger partial charge < -0.3 is 19.4 Å². The van der Waals surface area contributed by atoms with Gasteiger partial charge in [-0.1, -0.05) is 29.3 Å². The zero-order valence-electron chi connectivity index (χ0n) is 22.5. The average Bonchev–Trinajstić information content (AvgIpc) is 3.41. The average molecular weight is 603 g/mol. The summed E-state index contributed by atoms with van der Waals surface area (Å²) in [5.41, 5.74) is 0.866. The fourth-order valence-corrected chi connectivity index (χ4v) is 5.99. The molecule has 0 aliphatic carbocycles. The largest absolute Gasteiger partial charge is 0.415 e. The Labute approximate surface area is 247 Å². The number of hydrogen-bond acceptors (Lipinski definition) is 5.